The summed E-state index contributed by atoms with van der Waals surface area (Å²) in [6.45, 7) is 9.84. The number of hydrogen-bond donors (Lipinski definition) is 4. The molecular formula is C32H44N4O2. The molecular weight excluding hydrogens is 472 g/mol. The van der Waals surface area contributed by atoms with Gasteiger partial charge in [-0.1, -0.05) is 50.6 Å². The fourth-order valence-corrected chi connectivity index (χ4v) is 4.64. The SMILES string of the molecule is CC[C@@H](C)/C=C(\CC(C=CCNCc1ccc2ccn(C)c2c1)C(C)NC(=O)c1ccc(O)cc1C)NC. The van der Waals surface area contributed by atoms with Crippen LogP contribution in [0, 0.1) is 18.8 Å². The van der Waals surface area contributed by atoms with E-state index in [1.54, 1.807) is 18.2 Å². The molecule has 38 heavy (non-hydrogen) atoms. The van der Waals surface area contributed by atoms with E-state index in [9.17, 15) is 9.90 Å². The molecule has 0 aliphatic carbocycles. The van der Waals surface area contributed by atoms with Gasteiger partial charge in [-0.2, -0.15) is 0 Å². The molecule has 1 aromatic heterocycles. The Hall–Kier alpha value is -3.51. The number of hydrogen-bond acceptors (Lipinski definition) is 4. The number of benzene rings is 2. The van der Waals surface area contributed by atoms with Gasteiger partial charge in [0.1, 0.15) is 5.75 Å². The molecule has 0 bridgehead atoms. The van der Waals surface area contributed by atoms with E-state index in [0.29, 0.717) is 11.5 Å². The van der Waals surface area contributed by atoms with E-state index in [1.165, 1.54) is 22.2 Å². The second kappa shape index (κ2) is 13.9. The van der Waals surface area contributed by atoms with Crippen molar-refractivity contribution in [3.8, 4) is 5.75 Å². The van der Waals surface area contributed by atoms with Crippen molar-refractivity contribution in [2.45, 2.75) is 53.1 Å². The number of fused-ring (bicyclic) bond motifs is 1. The number of phenols is 1. The number of phenolic OH excluding ortho intramolecular Hbond substituents is 1. The van der Waals surface area contributed by atoms with E-state index in [0.717, 1.165) is 31.5 Å². The van der Waals surface area contributed by atoms with Gasteiger partial charge < -0.3 is 25.6 Å². The van der Waals surface area contributed by atoms with Crippen LogP contribution in [0.2, 0.25) is 0 Å². The van der Waals surface area contributed by atoms with E-state index in [2.05, 4.69) is 97.0 Å². The quantitative estimate of drug-likeness (QED) is 0.171. The summed E-state index contributed by atoms with van der Waals surface area (Å²) in [5, 5.41) is 21.0. The zero-order valence-corrected chi connectivity index (χ0v) is 23.7. The maximum absolute atomic E-state index is 13.0. The lowest BCUT2D eigenvalue weighted by atomic mass is 9.93. The minimum atomic E-state index is -0.125. The van der Waals surface area contributed by atoms with Crippen LogP contribution in [-0.4, -0.2) is 35.2 Å². The number of aromatic nitrogens is 1. The van der Waals surface area contributed by atoms with Gasteiger partial charge in [-0.15, -0.1) is 0 Å². The zero-order valence-electron chi connectivity index (χ0n) is 23.7. The molecule has 1 heterocycles. The van der Waals surface area contributed by atoms with Gasteiger partial charge in [-0.25, -0.2) is 0 Å². The largest absolute Gasteiger partial charge is 0.508 e. The van der Waals surface area contributed by atoms with E-state index in [1.807, 2.05) is 14.0 Å². The van der Waals surface area contributed by atoms with Crippen molar-refractivity contribution in [2.75, 3.05) is 13.6 Å². The second-order valence-corrected chi connectivity index (χ2v) is 10.3. The summed E-state index contributed by atoms with van der Waals surface area (Å²) in [5.74, 6) is 0.632. The average molecular weight is 517 g/mol. The number of allylic oxidation sites excluding steroid dienone is 2. The maximum atomic E-state index is 13.0. The smallest absolute Gasteiger partial charge is 0.251 e. The average Bonchev–Trinajstić information content (AvgIpc) is 3.26. The molecule has 0 aliphatic rings. The zero-order chi connectivity index (χ0) is 27.7. The first-order valence-corrected chi connectivity index (χ1v) is 13.6. The van der Waals surface area contributed by atoms with Crippen molar-refractivity contribution in [3.63, 3.8) is 0 Å². The second-order valence-electron chi connectivity index (χ2n) is 10.3. The van der Waals surface area contributed by atoms with Gasteiger partial charge in [0.2, 0.25) is 0 Å². The molecule has 6 heteroatoms. The molecule has 1 amide bonds. The molecule has 3 rings (SSSR count). The van der Waals surface area contributed by atoms with E-state index >= 15 is 0 Å². The van der Waals surface area contributed by atoms with E-state index in [4.69, 9.17) is 0 Å². The predicted molar refractivity (Wildman–Crippen MR) is 158 cm³/mol. The van der Waals surface area contributed by atoms with Crippen molar-refractivity contribution in [1.29, 1.82) is 0 Å². The molecule has 3 atom stereocenters. The molecule has 2 unspecified atom stereocenters. The third-order valence-electron chi connectivity index (χ3n) is 7.29. The van der Waals surface area contributed by atoms with Crippen LogP contribution < -0.4 is 16.0 Å². The van der Waals surface area contributed by atoms with E-state index < -0.39 is 0 Å². The number of carbonyl (C=O) groups is 1. The Morgan fingerprint density at radius 2 is 1.92 bits per heavy atom. The van der Waals surface area contributed by atoms with Crippen molar-refractivity contribution < 1.29 is 9.90 Å². The summed E-state index contributed by atoms with van der Waals surface area (Å²) in [5.41, 5.74) is 5.01. The Bertz CT molecular complexity index is 1270. The summed E-state index contributed by atoms with van der Waals surface area (Å²) in [4.78, 5) is 13.0. The van der Waals surface area contributed by atoms with Gasteiger partial charge in [0, 0.05) is 62.1 Å². The highest BCUT2D eigenvalue weighted by molar-refractivity contribution is 5.96. The van der Waals surface area contributed by atoms with Crippen LogP contribution >= 0.6 is 0 Å². The summed E-state index contributed by atoms with van der Waals surface area (Å²) in [6, 6.07) is 13.5. The molecule has 3 aromatic rings. The molecule has 204 valence electrons. The van der Waals surface area contributed by atoms with Crippen LogP contribution in [-0.2, 0) is 13.6 Å². The van der Waals surface area contributed by atoms with Crippen LogP contribution in [0.1, 0.15) is 55.1 Å². The number of aromatic hydroxyl groups is 1. The van der Waals surface area contributed by atoms with Crippen LogP contribution in [0.15, 0.2) is 72.6 Å². The van der Waals surface area contributed by atoms with Crippen molar-refractivity contribution >= 4 is 16.8 Å². The molecule has 0 saturated carbocycles. The summed E-state index contributed by atoms with van der Waals surface area (Å²) in [6.07, 6.45) is 10.6. The topological polar surface area (TPSA) is 78.3 Å². The van der Waals surface area contributed by atoms with Gasteiger partial charge >= 0.3 is 0 Å². The molecule has 0 aliphatic heterocycles. The monoisotopic (exact) mass is 516 g/mol. The van der Waals surface area contributed by atoms with Crippen LogP contribution in [0.25, 0.3) is 10.9 Å². The van der Waals surface area contributed by atoms with Crippen molar-refractivity contribution in [1.82, 2.24) is 20.5 Å². The van der Waals surface area contributed by atoms with Gasteiger partial charge in [0.05, 0.1) is 0 Å². The normalized spacial score (nSPS) is 14.5. The van der Waals surface area contributed by atoms with Gasteiger partial charge in [-0.05, 0) is 73.0 Å². The Kier molecular flexibility index (Phi) is 10.6. The number of rotatable bonds is 13. The Morgan fingerprint density at radius 1 is 1.13 bits per heavy atom. The molecule has 0 spiro atoms. The Labute approximate surface area is 227 Å². The first kappa shape index (κ1) is 29.1. The standard InChI is InChI=1S/C32H44N4O2/c1-7-22(2)17-28(33-5)20-27(24(4)35-32(38)30-13-12-29(37)18-23(30)3)9-8-15-34-21-25-10-11-26-14-16-36(6)31(26)19-25/h8-14,16-19,22,24,27,33-34,37H,7,15,20-21H2,1-6H3,(H,35,38)/b9-8?,28-17+/t22-,24?,27?/m1/s1. The minimum absolute atomic E-state index is 0.0830. The highest BCUT2D eigenvalue weighted by Gasteiger charge is 2.20. The third kappa shape index (κ3) is 7.99. The summed E-state index contributed by atoms with van der Waals surface area (Å²) < 4.78 is 2.14. The maximum Gasteiger partial charge on any atom is 0.251 e. The molecule has 2 aromatic carbocycles. The van der Waals surface area contributed by atoms with Crippen molar-refractivity contribution in [3.05, 3.63) is 89.3 Å². The fourth-order valence-electron chi connectivity index (χ4n) is 4.64. The predicted octanol–water partition coefficient (Wildman–Crippen LogP) is 5.81. The van der Waals surface area contributed by atoms with Crippen molar-refractivity contribution in [2.24, 2.45) is 18.9 Å². The van der Waals surface area contributed by atoms with Crippen LogP contribution in [0.4, 0.5) is 0 Å². The Morgan fingerprint density at radius 3 is 2.63 bits per heavy atom. The number of nitrogens with one attached hydrogen (secondary N) is 3. The first-order chi connectivity index (χ1) is 18.2. The lowest BCUT2D eigenvalue weighted by molar-refractivity contribution is 0.0931. The molecule has 0 fully saturated rings. The fraction of sp³-hybridized carbons (Fsp3) is 0.406. The number of nitrogens with zero attached hydrogens (tertiary/aromatic N) is 1. The highest BCUT2D eigenvalue weighted by Crippen LogP contribution is 2.21. The minimum Gasteiger partial charge on any atom is -0.508 e. The summed E-state index contributed by atoms with van der Waals surface area (Å²) >= 11 is 0. The molecule has 0 saturated heterocycles. The lowest BCUT2D eigenvalue weighted by Crippen LogP contribution is -2.38. The molecule has 4 N–H and O–H groups in total. The summed E-state index contributed by atoms with van der Waals surface area (Å²) in [7, 11) is 4.03. The number of carbonyl (C=O) groups excluding carboxylic acids is 1. The van der Waals surface area contributed by atoms with E-state index in [-0.39, 0.29) is 23.6 Å². The van der Waals surface area contributed by atoms with Crippen LogP contribution in [0.3, 0.4) is 0 Å². The molecule has 6 nitrogen and oxygen atoms in total. The van der Waals surface area contributed by atoms with Crippen LogP contribution in [0.5, 0.6) is 5.75 Å². The highest BCUT2D eigenvalue weighted by atomic mass is 16.3. The van der Waals surface area contributed by atoms with Gasteiger partial charge in [0.15, 0.2) is 0 Å². The van der Waals surface area contributed by atoms with Gasteiger partial charge in [-0.3, -0.25) is 4.79 Å². The van der Waals surface area contributed by atoms with Gasteiger partial charge in [0.25, 0.3) is 5.91 Å². The lowest BCUT2D eigenvalue weighted by Gasteiger charge is -2.24. The third-order valence-corrected chi connectivity index (χ3v) is 7.29. The number of amides is 1. The first-order valence-electron chi connectivity index (χ1n) is 13.6. The Balaban J connectivity index is 1.67. The number of aryl methyl sites for hydroxylation is 2. The molecule has 0 radical (unpaired) electrons.